The van der Waals surface area contributed by atoms with Crippen molar-refractivity contribution in [3.05, 3.63) is 59.7 Å². The first-order valence-electron chi connectivity index (χ1n) is 12.6. The van der Waals surface area contributed by atoms with Crippen LogP contribution in [0.15, 0.2) is 48.5 Å². The van der Waals surface area contributed by atoms with Crippen LogP contribution in [0.3, 0.4) is 0 Å². The van der Waals surface area contributed by atoms with Crippen molar-refractivity contribution in [2.24, 2.45) is 0 Å². The van der Waals surface area contributed by atoms with Crippen molar-refractivity contribution >= 4 is 23.6 Å². The molecule has 0 spiro atoms. The van der Waals surface area contributed by atoms with Gasteiger partial charge in [-0.15, -0.1) is 0 Å². The van der Waals surface area contributed by atoms with E-state index in [1.165, 1.54) is 6.42 Å². The monoisotopic (exact) mass is 512 g/mol. The summed E-state index contributed by atoms with van der Waals surface area (Å²) < 4.78 is 11.2. The highest BCUT2D eigenvalue weighted by molar-refractivity contribution is 6.35. The van der Waals surface area contributed by atoms with Gasteiger partial charge in [0.2, 0.25) is 0 Å². The Morgan fingerprint density at radius 1 is 0.541 bits per heavy atom. The fourth-order valence-corrected chi connectivity index (χ4v) is 3.15. The van der Waals surface area contributed by atoms with E-state index in [0.717, 1.165) is 38.5 Å². The average molecular weight is 513 g/mol. The Morgan fingerprint density at radius 2 is 0.919 bits per heavy atom. The molecule has 0 aliphatic rings. The van der Waals surface area contributed by atoms with Crippen molar-refractivity contribution in [2.75, 3.05) is 13.2 Å². The highest BCUT2D eigenvalue weighted by Crippen LogP contribution is 2.14. The molecule has 0 unspecified atom stereocenters. The molecule has 0 saturated carbocycles. The van der Waals surface area contributed by atoms with E-state index < -0.39 is 23.6 Å². The molecule has 2 rings (SSSR count). The highest BCUT2D eigenvalue weighted by Gasteiger charge is 2.16. The van der Waals surface area contributed by atoms with E-state index in [4.69, 9.17) is 9.47 Å². The molecule has 37 heavy (non-hydrogen) atoms. The lowest BCUT2D eigenvalue weighted by molar-refractivity contribution is -0.140. The van der Waals surface area contributed by atoms with Crippen LogP contribution in [-0.4, -0.2) is 36.8 Å². The Balaban J connectivity index is 1.69. The average Bonchev–Trinajstić information content (AvgIpc) is 2.93. The molecule has 0 fully saturated rings. The van der Waals surface area contributed by atoms with E-state index in [1.54, 1.807) is 48.5 Å². The second-order valence-electron chi connectivity index (χ2n) is 8.33. The number of carbonyl (C=O) groups is 4. The number of hydrazine groups is 2. The summed E-state index contributed by atoms with van der Waals surface area (Å²) in [6, 6.07) is 12.8. The van der Waals surface area contributed by atoms with E-state index in [2.05, 4.69) is 24.7 Å². The molecule has 2 aromatic rings. The summed E-state index contributed by atoms with van der Waals surface area (Å²) in [4.78, 5) is 48.3. The van der Waals surface area contributed by atoms with Gasteiger partial charge >= 0.3 is 11.8 Å². The fraction of sp³-hybridized carbons (Fsp3) is 0.407. The van der Waals surface area contributed by atoms with Gasteiger partial charge in [0.05, 0.1) is 13.2 Å². The van der Waals surface area contributed by atoms with Crippen LogP contribution in [0.5, 0.6) is 11.5 Å². The van der Waals surface area contributed by atoms with Crippen molar-refractivity contribution in [1.29, 1.82) is 0 Å². The predicted molar refractivity (Wildman–Crippen MR) is 139 cm³/mol. The summed E-state index contributed by atoms with van der Waals surface area (Å²) in [5.41, 5.74) is 8.83. The molecule has 0 saturated heterocycles. The van der Waals surface area contributed by atoms with Gasteiger partial charge < -0.3 is 9.47 Å². The van der Waals surface area contributed by atoms with Gasteiger partial charge in [0.25, 0.3) is 11.8 Å². The number of nitrogens with one attached hydrogen (secondary N) is 4. The fourth-order valence-electron chi connectivity index (χ4n) is 3.15. The minimum atomic E-state index is -1.16. The third-order valence-corrected chi connectivity index (χ3v) is 5.30. The number of hydrogen-bond donors (Lipinski definition) is 4. The number of unbranched alkanes of at least 4 members (excludes halogenated alkanes) is 5. The highest BCUT2D eigenvalue weighted by atomic mass is 16.5. The molecular formula is C27H36N4O6. The molecule has 10 heteroatoms. The van der Waals surface area contributed by atoms with E-state index in [1.807, 2.05) is 10.9 Å². The van der Waals surface area contributed by atoms with E-state index in [9.17, 15) is 19.2 Å². The summed E-state index contributed by atoms with van der Waals surface area (Å²) in [6.45, 7) is 5.45. The molecule has 0 atom stereocenters. The molecular weight excluding hydrogens is 476 g/mol. The molecule has 0 bridgehead atoms. The van der Waals surface area contributed by atoms with Gasteiger partial charge in [-0.1, -0.05) is 46.0 Å². The van der Waals surface area contributed by atoms with E-state index in [0.29, 0.717) is 24.7 Å². The Bertz CT molecular complexity index is 1010. The Hall–Kier alpha value is -4.08. The van der Waals surface area contributed by atoms with Crippen molar-refractivity contribution < 1.29 is 28.7 Å². The largest absolute Gasteiger partial charge is 0.494 e. The SMILES string of the molecule is CCCCCCOc1ccc(C(=O)NNC(=O)C(=O)NNC(=O)c2ccc(OCCCCC)cc2)cc1. The van der Waals surface area contributed by atoms with Crippen molar-refractivity contribution in [3.63, 3.8) is 0 Å². The second kappa shape index (κ2) is 16.6. The summed E-state index contributed by atoms with van der Waals surface area (Å²) in [5, 5.41) is 0. The van der Waals surface area contributed by atoms with Gasteiger partial charge in [-0.05, 0) is 61.4 Å². The standard InChI is InChI=1S/C27H36N4O6/c1-3-5-7-9-19-37-23-16-12-21(13-17-23)25(33)29-31-27(35)26(34)30-28-24(32)20-10-14-22(15-11-20)36-18-8-6-4-2/h10-17H,3-9,18-19H2,1-2H3,(H,28,32)(H,29,33)(H,30,34)(H,31,35). The summed E-state index contributed by atoms with van der Waals surface area (Å²) >= 11 is 0. The zero-order chi connectivity index (χ0) is 26.9. The van der Waals surface area contributed by atoms with Gasteiger partial charge in [0.15, 0.2) is 0 Å². The smallest absolute Gasteiger partial charge is 0.329 e. The molecule has 200 valence electrons. The summed E-state index contributed by atoms with van der Waals surface area (Å²) in [7, 11) is 0. The minimum absolute atomic E-state index is 0.267. The number of rotatable bonds is 13. The lowest BCUT2D eigenvalue weighted by atomic mass is 10.2. The predicted octanol–water partition coefficient (Wildman–Crippen LogP) is 3.44. The molecule has 0 heterocycles. The van der Waals surface area contributed by atoms with Crippen LogP contribution in [0.1, 0.15) is 79.5 Å². The second-order valence-corrected chi connectivity index (χ2v) is 8.33. The van der Waals surface area contributed by atoms with Crippen LogP contribution < -0.4 is 31.2 Å². The van der Waals surface area contributed by atoms with E-state index >= 15 is 0 Å². The van der Waals surface area contributed by atoms with Crippen LogP contribution in [-0.2, 0) is 9.59 Å². The zero-order valence-corrected chi connectivity index (χ0v) is 21.4. The quantitative estimate of drug-likeness (QED) is 0.185. The molecule has 0 aromatic heterocycles. The zero-order valence-electron chi connectivity index (χ0n) is 21.4. The molecule has 4 amide bonds. The number of benzene rings is 2. The number of ether oxygens (including phenoxy) is 2. The maximum Gasteiger partial charge on any atom is 0.329 e. The van der Waals surface area contributed by atoms with Crippen LogP contribution >= 0.6 is 0 Å². The van der Waals surface area contributed by atoms with Gasteiger partial charge in [-0.2, -0.15) is 0 Å². The lowest BCUT2D eigenvalue weighted by Gasteiger charge is -2.10. The van der Waals surface area contributed by atoms with Gasteiger partial charge in [0, 0.05) is 11.1 Å². The van der Waals surface area contributed by atoms with Crippen LogP contribution in [0.25, 0.3) is 0 Å². The number of amides is 4. The molecule has 0 aliphatic heterocycles. The van der Waals surface area contributed by atoms with Crippen LogP contribution in [0.4, 0.5) is 0 Å². The molecule has 2 aromatic carbocycles. The Labute approximate surface area is 217 Å². The van der Waals surface area contributed by atoms with Crippen molar-refractivity contribution in [3.8, 4) is 11.5 Å². The molecule has 0 aliphatic carbocycles. The number of hydrogen-bond acceptors (Lipinski definition) is 6. The first-order chi connectivity index (χ1) is 17.9. The first-order valence-corrected chi connectivity index (χ1v) is 12.6. The third kappa shape index (κ3) is 11.0. The summed E-state index contributed by atoms with van der Waals surface area (Å²) in [6.07, 6.45) is 7.53. The van der Waals surface area contributed by atoms with Crippen LogP contribution in [0.2, 0.25) is 0 Å². The minimum Gasteiger partial charge on any atom is -0.494 e. The molecule has 0 radical (unpaired) electrons. The topological polar surface area (TPSA) is 135 Å². The van der Waals surface area contributed by atoms with Crippen LogP contribution in [0, 0.1) is 0 Å². The van der Waals surface area contributed by atoms with Crippen molar-refractivity contribution in [2.45, 2.75) is 58.8 Å². The molecule has 4 N–H and O–H groups in total. The normalized spacial score (nSPS) is 10.2. The van der Waals surface area contributed by atoms with E-state index in [-0.39, 0.29) is 11.1 Å². The first kappa shape index (κ1) is 29.2. The maximum atomic E-state index is 12.2. The van der Waals surface area contributed by atoms with Gasteiger partial charge in [-0.25, -0.2) is 0 Å². The number of carbonyl (C=O) groups excluding carboxylic acids is 4. The van der Waals surface area contributed by atoms with Gasteiger partial charge in [-0.3, -0.25) is 40.9 Å². The maximum absolute atomic E-state index is 12.2. The van der Waals surface area contributed by atoms with Gasteiger partial charge in [0.1, 0.15) is 11.5 Å². The Morgan fingerprint density at radius 3 is 1.32 bits per heavy atom. The molecule has 10 nitrogen and oxygen atoms in total. The third-order valence-electron chi connectivity index (χ3n) is 5.30. The van der Waals surface area contributed by atoms with Crippen molar-refractivity contribution in [1.82, 2.24) is 21.7 Å². The summed E-state index contributed by atoms with van der Waals surface area (Å²) in [5.74, 6) is -2.27. The lowest BCUT2D eigenvalue weighted by Crippen LogP contribution is -2.52. The Kier molecular flexibility index (Phi) is 13.1.